The van der Waals surface area contributed by atoms with Crippen LogP contribution in [-0.4, -0.2) is 4.79 Å². The summed E-state index contributed by atoms with van der Waals surface area (Å²) >= 11 is 0. The predicted octanol–water partition coefficient (Wildman–Crippen LogP) is 1.97. The second-order valence-corrected chi connectivity index (χ2v) is 2.82. The second kappa shape index (κ2) is 3.21. The third-order valence-corrected chi connectivity index (χ3v) is 1.96. The van der Waals surface area contributed by atoms with Gasteiger partial charge in [-0.2, -0.15) is 4.79 Å². The maximum Gasteiger partial charge on any atom is 0.315 e. The van der Waals surface area contributed by atoms with Crippen LogP contribution in [0.4, 0.5) is 0 Å². The van der Waals surface area contributed by atoms with E-state index in [2.05, 4.69) is 4.79 Å². The van der Waals surface area contributed by atoms with Crippen LogP contribution in [-0.2, 0) is 0 Å². The van der Waals surface area contributed by atoms with Crippen LogP contribution >= 0.6 is 0 Å². The molecule has 0 bridgehead atoms. The minimum absolute atomic E-state index is 0.571. The molecule has 0 aliphatic heterocycles. The van der Waals surface area contributed by atoms with Gasteiger partial charge in [-0.25, -0.2) is 0 Å². The zero-order chi connectivity index (χ0) is 9.10. The van der Waals surface area contributed by atoms with E-state index >= 15 is 0 Å². The van der Waals surface area contributed by atoms with E-state index in [0.29, 0.717) is 5.36 Å². The smallest absolute Gasteiger partial charge is 0.315 e. The Balaban J connectivity index is 3.00. The van der Waals surface area contributed by atoms with Gasteiger partial charge in [0.2, 0.25) is 0 Å². The Morgan fingerprint density at radius 2 is 1.54 bits per heavy atom. The van der Waals surface area contributed by atoms with E-state index < -0.39 is 0 Å². The van der Waals surface area contributed by atoms with Crippen molar-refractivity contribution in [1.82, 2.24) is 0 Å². The maximum atomic E-state index is 8.63. The molecule has 62 valence electrons. The van der Waals surface area contributed by atoms with E-state index in [1.807, 2.05) is 42.5 Å². The Bertz CT molecular complexity index is 525. The fraction of sp³-hybridized carbons (Fsp3) is 0. The number of benzene rings is 1. The summed E-state index contributed by atoms with van der Waals surface area (Å²) in [6.45, 7) is 0. The summed E-state index contributed by atoms with van der Waals surface area (Å²) in [4.78, 5) is 3.16. The normalized spacial score (nSPS) is 9.54. The third kappa shape index (κ3) is 1.48. The fourth-order valence-corrected chi connectivity index (χ4v) is 1.31. The zero-order valence-electron chi connectivity index (χ0n) is 7.01. The molecule has 0 saturated heterocycles. The van der Waals surface area contributed by atoms with Gasteiger partial charge in [0.05, 0.1) is 0 Å². The lowest BCUT2D eigenvalue weighted by molar-refractivity contribution is -0.0648. The van der Waals surface area contributed by atoms with Crippen LogP contribution in [0.1, 0.15) is 0 Å². The topological polar surface area (TPSA) is 36.4 Å². The minimum atomic E-state index is 0.571. The summed E-state index contributed by atoms with van der Waals surface area (Å²) in [6, 6.07) is 15.4. The summed E-state index contributed by atoms with van der Waals surface area (Å²) < 4.78 is 0. The van der Waals surface area contributed by atoms with Crippen LogP contribution in [0.15, 0.2) is 48.5 Å². The van der Waals surface area contributed by atoms with Crippen molar-refractivity contribution >= 4 is 10.8 Å². The predicted molar refractivity (Wildman–Crippen MR) is 50.7 cm³/mol. The first-order valence-electron chi connectivity index (χ1n) is 4.07. The molecule has 0 aliphatic carbocycles. The molecule has 0 aliphatic rings. The fourth-order valence-electron chi connectivity index (χ4n) is 1.31. The van der Waals surface area contributed by atoms with E-state index in [-0.39, 0.29) is 0 Å². The Morgan fingerprint density at radius 3 is 2.31 bits per heavy atom. The highest BCUT2D eigenvalue weighted by Crippen LogP contribution is 2.08. The van der Waals surface area contributed by atoms with Crippen LogP contribution in [0.3, 0.4) is 0 Å². The van der Waals surface area contributed by atoms with Crippen molar-refractivity contribution in [2.75, 3.05) is 0 Å². The van der Waals surface area contributed by atoms with Gasteiger partial charge < -0.3 is 5.53 Å². The van der Waals surface area contributed by atoms with Gasteiger partial charge in [0.25, 0.3) is 0 Å². The van der Waals surface area contributed by atoms with Crippen molar-refractivity contribution in [2.45, 2.75) is 0 Å². The zero-order valence-corrected chi connectivity index (χ0v) is 7.01. The first-order chi connectivity index (χ1) is 6.40. The molecular weight excluding hydrogens is 160 g/mol. The molecule has 0 N–H and O–H groups in total. The number of hydrogen-bond donors (Lipinski definition) is 0. The summed E-state index contributed by atoms with van der Waals surface area (Å²) in [5, 5.41) is 2.78. The lowest BCUT2D eigenvalue weighted by Gasteiger charge is -1.86. The molecule has 0 saturated carbocycles. The first-order valence-corrected chi connectivity index (χ1v) is 4.07. The summed E-state index contributed by atoms with van der Waals surface area (Å²) in [5.41, 5.74) is 8.63. The van der Waals surface area contributed by atoms with Crippen LogP contribution < -0.4 is 5.36 Å². The minimum Gasteiger partial charge on any atom is -0.361 e. The van der Waals surface area contributed by atoms with E-state index in [9.17, 15) is 0 Å². The largest absolute Gasteiger partial charge is 0.361 e. The lowest BCUT2D eigenvalue weighted by Crippen LogP contribution is -1.95. The van der Waals surface area contributed by atoms with Crippen molar-refractivity contribution in [1.29, 1.82) is 0 Å². The van der Waals surface area contributed by atoms with E-state index in [0.717, 1.165) is 10.8 Å². The van der Waals surface area contributed by atoms with Crippen molar-refractivity contribution in [3.8, 4) is 0 Å². The number of nitrogens with zero attached hydrogens (tertiary/aromatic N) is 2. The maximum absolute atomic E-state index is 8.63. The quantitative estimate of drug-likeness (QED) is 0.426. The molecule has 0 amide bonds. The molecule has 13 heavy (non-hydrogen) atoms. The van der Waals surface area contributed by atoms with Gasteiger partial charge in [0.15, 0.2) is 0 Å². The van der Waals surface area contributed by atoms with Crippen LogP contribution in [0, 0.1) is 0 Å². The molecule has 2 heteroatoms. The van der Waals surface area contributed by atoms with Gasteiger partial charge in [-0.3, -0.25) is 0 Å². The molecule has 0 heterocycles. The van der Waals surface area contributed by atoms with E-state index in [1.54, 1.807) is 6.07 Å². The van der Waals surface area contributed by atoms with Gasteiger partial charge >= 0.3 is 5.36 Å². The number of hydrogen-bond acceptors (Lipinski definition) is 0. The second-order valence-electron chi connectivity index (χ2n) is 2.82. The highest BCUT2D eigenvalue weighted by atomic mass is 14.8. The molecule has 2 rings (SSSR count). The third-order valence-electron chi connectivity index (χ3n) is 1.96. The number of fused-ring (bicyclic) bond motifs is 1. The molecule has 0 radical (unpaired) electrons. The van der Waals surface area contributed by atoms with E-state index in [1.165, 1.54) is 0 Å². The molecule has 0 fully saturated rings. The van der Waals surface area contributed by atoms with Crippen LogP contribution in [0.25, 0.3) is 16.3 Å². The molecule has 0 atom stereocenters. The molecule has 2 aromatic rings. The average molecular weight is 168 g/mol. The van der Waals surface area contributed by atoms with Gasteiger partial charge in [0.1, 0.15) is 0 Å². The van der Waals surface area contributed by atoms with Crippen molar-refractivity contribution in [3.63, 3.8) is 0 Å². The number of rotatable bonds is 0. The van der Waals surface area contributed by atoms with Gasteiger partial charge in [-0.1, -0.05) is 36.4 Å². The van der Waals surface area contributed by atoms with Crippen molar-refractivity contribution < 1.29 is 4.79 Å². The molecule has 0 unspecified atom stereocenters. The van der Waals surface area contributed by atoms with Crippen molar-refractivity contribution in [3.05, 3.63) is 59.4 Å². The summed E-state index contributed by atoms with van der Waals surface area (Å²) in [7, 11) is 0. The monoisotopic (exact) mass is 168 g/mol. The summed E-state index contributed by atoms with van der Waals surface area (Å²) in [6.07, 6.45) is 0. The first kappa shape index (κ1) is 7.71. The molecule has 0 aromatic heterocycles. The Labute approximate surface area is 75.7 Å². The Morgan fingerprint density at radius 1 is 0.846 bits per heavy atom. The van der Waals surface area contributed by atoms with Gasteiger partial charge in [-0.05, 0) is 10.8 Å². The lowest BCUT2D eigenvalue weighted by atomic mass is 10.2. The summed E-state index contributed by atoms with van der Waals surface area (Å²) in [5.74, 6) is 0. The van der Waals surface area contributed by atoms with E-state index in [4.69, 9.17) is 5.53 Å². The molecule has 2 nitrogen and oxygen atoms in total. The van der Waals surface area contributed by atoms with Gasteiger partial charge in [0, 0.05) is 12.1 Å². The SMILES string of the molecule is [N-]=[N+]=c1cccc2ccccc2c1. The Kier molecular flexibility index (Phi) is 1.91. The van der Waals surface area contributed by atoms with Crippen molar-refractivity contribution in [2.24, 2.45) is 0 Å². The molecule has 0 spiro atoms. The van der Waals surface area contributed by atoms with Crippen LogP contribution in [0.5, 0.6) is 0 Å². The molecule has 2 aromatic carbocycles. The standard InChI is InChI=1S/C11H8N2/c12-13-11-7-3-6-9-4-1-2-5-10(9)8-11/h1-8H. The highest BCUT2D eigenvalue weighted by Gasteiger charge is 1.91. The van der Waals surface area contributed by atoms with Gasteiger partial charge in [-0.15, -0.1) is 0 Å². The van der Waals surface area contributed by atoms with Crippen LogP contribution in [0.2, 0.25) is 0 Å². The highest BCUT2D eigenvalue weighted by molar-refractivity contribution is 5.81. The Hall–Kier alpha value is -1.92. The average Bonchev–Trinajstić information content (AvgIpc) is 2.38. The molecular formula is C11H8N2.